The number of nitrogens with zero attached hydrogens (tertiary/aromatic N) is 3. The lowest BCUT2D eigenvalue weighted by molar-refractivity contribution is 0.0361. The van der Waals surface area contributed by atoms with E-state index in [1.165, 1.54) is 11.3 Å². The molecule has 0 bridgehead atoms. The van der Waals surface area contributed by atoms with Crippen molar-refractivity contribution in [3.05, 3.63) is 45.4 Å². The SMILES string of the molecule is N=C1C(c2nc(-c3ccc(Cl)cc3)cs2)=C(O)CN1CCN1CCOCC1. The van der Waals surface area contributed by atoms with Crippen LogP contribution < -0.4 is 0 Å². The lowest BCUT2D eigenvalue weighted by atomic mass is 10.2. The molecule has 0 radical (unpaired) electrons. The monoisotopic (exact) mass is 404 g/mol. The number of rotatable bonds is 5. The van der Waals surface area contributed by atoms with Gasteiger partial charge >= 0.3 is 0 Å². The highest BCUT2D eigenvalue weighted by Crippen LogP contribution is 2.32. The van der Waals surface area contributed by atoms with Gasteiger partial charge in [0.1, 0.15) is 16.6 Å². The molecular weight excluding hydrogens is 384 g/mol. The van der Waals surface area contributed by atoms with Crippen LogP contribution in [0.15, 0.2) is 35.4 Å². The third-order valence-electron chi connectivity index (χ3n) is 4.83. The average Bonchev–Trinajstić information content (AvgIpc) is 3.26. The number of aromatic nitrogens is 1. The number of ether oxygens (including phenoxy) is 1. The molecule has 8 heteroatoms. The van der Waals surface area contributed by atoms with E-state index in [2.05, 4.69) is 9.88 Å². The normalized spacial score (nSPS) is 18.6. The Bertz CT molecular complexity index is 859. The Kier molecular flexibility index (Phi) is 5.45. The van der Waals surface area contributed by atoms with Gasteiger partial charge in [0.05, 0.1) is 31.0 Å². The second-order valence-electron chi connectivity index (χ2n) is 6.59. The molecule has 0 aliphatic carbocycles. The van der Waals surface area contributed by atoms with E-state index < -0.39 is 0 Å². The minimum absolute atomic E-state index is 0.221. The van der Waals surface area contributed by atoms with Crippen LogP contribution >= 0.6 is 22.9 Å². The maximum absolute atomic E-state index is 10.4. The number of benzene rings is 1. The predicted molar refractivity (Wildman–Crippen MR) is 109 cm³/mol. The fourth-order valence-corrected chi connectivity index (χ4v) is 4.30. The molecule has 0 saturated carbocycles. The number of halogens is 1. The number of hydrogen-bond acceptors (Lipinski definition) is 6. The fourth-order valence-electron chi connectivity index (χ4n) is 3.28. The summed E-state index contributed by atoms with van der Waals surface area (Å²) in [6, 6.07) is 7.50. The summed E-state index contributed by atoms with van der Waals surface area (Å²) >= 11 is 7.39. The minimum Gasteiger partial charge on any atom is -0.510 e. The zero-order chi connectivity index (χ0) is 18.8. The molecule has 27 heavy (non-hydrogen) atoms. The first kappa shape index (κ1) is 18.4. The molecule has 0 atom stereocenters. The third-order valence-corrected chi connectivity index (χ3v) is 5.94. The van der Waals surface area contributed by atoms with Crippen LogP contribution in [0.5, 0.6) is 0 Å². The molecule has 0 unspecified atom stereocenters. The highest BCUT2D eigenvalue weighted by atomic mass is 35.5. The molecule has 2 N–H and O–H groups in total. The second-order valence-corrected chi connectivity index (χ2v) is 7.89. The minimum atomic E-state index is 0.221. The summed E-state index contributed by atoms with van der Waals surface area (Å²) in [7, 11) is 0. The van der Waals surface area contributed by atoms with Crippen molar-refractivity contribution >= 4 is 34.3 Å². The molecule has 3 heterocycles. The van der Waals surface area contributed by atoms with Crippen LogP contribution in [-0.2, 0) is 4.74 Å². The van der Waals surface area contributed by atoms with Gasteiger partial charge in [0.2, 0.25) is 0 Å². The van der Waals surface area contributed by atoms with Crippen molar-refractivity contribution in [2.75, 3.05) is 45.9 Å². The van der Waals surface area contributed by atoms with E-state index in [-0.39, 0.29) is 5.76 Å². The third kappa shape index (κ3) is 4.01. The Morgan fingerprint density at radius 2 is 1.93 bits per heavy atom. The van der Waals surface area contributed by atoms with Gasteiger partial charge in [0, 0.05) is 42.1 Å². The zero-order valence-corrected chi connectivity index (χ0v) is 16.4. The van der Waals surface area contributed by atoms with Crippen LogP contribution in [0.3, 0.4) is 0 Å². The van der Waals surface area contributed by atoms with E-state index in [4.69, 9.17) is 21.7 Å². The number of aliphatic hydroxyl groups excluding tert-OH is 1. The average molecular weight is 405 g/mol. The van der Waals surface area contributed by atoms with Gasteiger partial charge in [-0.2, -0.15) is 0 Å². The van der Waals surface area contributed by atoms with Crippen LogP contribution in [0.1, 0.15) is 5.01 Å². The summed E-state index contributed by atoms with van der Waals surface area (Å²) in [6.07, 6.45) is 0. The predicted octanol–water partition coefficient (Wildman–Crippen LogP) is 3.36. The van der Waals surface area contributed by atoms with E-state index in [1.54, 1.807) is 0 Å². The smallest absolute Gasteiger partial charge is 0.135 e. The van der Waals surface area contributed by atoms with Crippen LogP contribution in [0.25, 0.3) is 16.8 Å². The second kappa shape index (κ2) is 7.98. The maximum atomic E-state index is 10.4. The lowest BCUT2D eigenvalue weighted by Gasteiger charge is -2.29. The molecule has 4 rings (SSSR count). The largest absolute Gasteiger partial charge is 0.510 e. The Balaban J connectivity index is 1.45. The molecular formula is C19H21ClN4O2S. The van der Waals surface area contributed by atoms with E-state index in [0.29, 0.717) is 34.5 Å². The van der Waals surface area contributed by atoms with Crippen LogP contribution in [-0.4, -0.2) is 71.7 Å². The number of amidine groups is 1. The highest BCUT2D eigenvalue weighted by Gasteiger charge is 2.30. The Hall–Kier alpha value is -1.93. The van der Waals surface area contributed by atoms with Gasteiger partial charge in [0.15, 0.2) is 0 Å². The maximum Gasteiger partial charge on any atom is 0.135 e. The van der Waals surface area contributed by atoms with Crippen LogP contribution in [0, 0.1) is 5.41 Å². The van der Waals surface area contributed by atoms with Crippen molar-refractivity contribution in [3.63, 3.8) is 0 Å². The van der Waals surface area contributed by atoms with E-state index in [0.717, 1.165) is 44.1 Å². The van der Waals surface area contributed by atoms with Crippen molar-refractivity contribution in [1.29, 1.82) is 5.41 Å². The van der Waals surface area contributed by atoms with Gasteiger partial charge in [0.25, 0.3) is 0 Å². The molecule has 2 aromatic rings. The molecule has 1 fully saturated rings. The first-order valence-corrected chi connectivity index (χ1v) is 10.2. The molecule has 0 amide bonds. The van der Waals surface area contributed by atoms with Crippen molar-refractivity contribution in [1.82, 2.24) is 14.8 Å². The van der Waals surface area contributed by atoms with Gasteiger partial charge < -0.3 is 14.7 Å². The van der Waals surface area contributed by atoms with E-state index in [9.17, 15) is 5.11 Å². The van der Waals surface area contributed by atoms with Crippen molar-refractivity contribution < 1.29 is 9.84 Å². The van der Waals surface area contributed by atoms with Crippen LogP contribution in [0.4, 0.5) is 0 Å². The van der Waals surface area contributed by atoms with Crippen molar-refractivity contribution in [3.8, 4) is 11.3 Å². The summed E-state index contributed by atoms with van der Waals surface area (Å²) in [6.45, 7) is 5.31. The molecule has 1 saturated heterocycles. The molecule has 1 aromatic heterocycles. The van der Waals surface area contributed by atoms with Gasteiger partial charge in [-0.1, -0.05) is 23.7 Å². The Labute approximate surface area is 167 Å². The quantitative estimate of drug-likeness (QED) is 0.799. The zero-order valence-electron chi connectivity index (χ0n) is 14.8. The van der Waals surface area contributed by atoms with Gasteiger partial charge in [-0.15, -0.1) is 11.3 Å². The van der Waals surface area contributed by atoms with Crippen molar-refractivity contribution in [2.24, 2.45) is 0 Å². The Morgan fingerprint density at radius 1 is 1.19 bits per heavy atom. The van der Waals surface area contributed by atoms with Gasteiger partial charge in [-0.25, -0.2) is 4.98 Å². The first-order valence-electron chi connectivity index (χ1n) is 8.90. The number of aliphatic hydroxyl groups is 1. The Morgan fingerprint density at radius 3 is 2.67 bits per heavy atom. The summed E-state index contributed by atoms with van der Waals surface area (Å²) in [5, 5.41) is 22.3. The lowest BCUT2D eigenvalue weighted by Crippen LogP contribution is -2.42. The van der Waals surface area contributed by atoms with Crippen LogP contribution in [0.2, 0.25) is 5.02 Å². The number of morpholine rings is 1. The van der Waals surface area contributed by atoms with Crippen molar-refractivity contribution in [2.45, 2.75) is 0 Å². The van der Waals surface area contributed by atoms with Gasteiger partial charge in [-0.05, 0) is 12.1 Å². The molecule has 2 aliphatic heterocycles. The summed E-state index contributed by atoms with van der Waals surface area (Å²) in [5.74, 6) is 0.566. The topological polar surface area (TPSA) is 72.7 Å². The first-order chi connectivity index (χ1) is 13.1. The molecule has 1 aromatic carbocycles. The highest BCUT2D eigenvalue weighted by molar-refractivity contribution is 7.11. The fraction of sp³-hybridized carbons (Fsp3) is 0.368. The molecule has 6 nitrogen and oxygen atoms in total. The molecule has 0 spiro atoms. The summed E-state index contributed by atoms with van der Waals surface area (Å²) < 4.78 is 5.37. The molecule has 2 aliphatic rings. The summed E-state index contributed by atoms with van der Waals surface area (Å²) in [5.41, 5.74) is 2.34. The standard InChI is InChI=1S/C19H21ClN4O2S/c20-14-3-1-13(2-4-14)15-12-27-19(22-15)17-16(25)11-24(18(17)21)6-5-23-7-9-26-10-8-23/h1-4,12,21,25H,5-11H2. The number of thiazole rings is 1. The van der Waals surface area contributed by atoms with E-state index >= 15 is 0 Å². The summed E-state index contributed by atoms with van der Waals surface area (Å²) in [4.78, 5) is 8.87. The molecule has 142 valence electrons. The van der Waals surface area contributed by atoms with E-state index in [1.807, 2.05) is 34.5 Å². The number of hydrogen-bond donors (Lipinski definition) is 2. The van der Waals surface area contributed by atoms with Gasteiger partial charge in [-0.3, -0.25) is 10.3 Å². The number of nitrogens with one attached hydrogen (secondary N) is 1.